The molecule has 15 rings (SSSR count). The number of carbonyl (C=O) groups is 2. The molecule has 0 radical (unpaired) electrons. The van der Waals surface area contributed by atoms with E-state index in [1.165, 1.54) is 353 Å². The van der Waals surface area contributed by atoms with E-state index in [1.807, 2.05) is 113 Å². The molecule has 2 atom stereocenters. The van der Waals surface area contributed by atoms with Crippen LogP contribution in [-0.2, 0) is 38.8 Å². The number of unbranched alkanes of at least 4 members (excludes halogenated alkanes) is 22. The predicted octanol–water partition coefficient (Wildman–Crippen LogP) is 38.1. The van der Waals surface area contributed by atoms with Crippen LogP contribution < -0.4 is 0 Å². The Morgan fingerprint density at radius 3 is 1.16 bits per heavy atom. The minimum absolute atomic E-state index is 0.229. The summed E-state index contributed by atoms with van der Waals surface area (Å²) in [6, 6.07) is 33.2. The molecule has 14 heterocycles. The van der Waals surface area contributed by atoms with Crippen molar-refractivity contribution in [1.82, 2.24) is 9.80 Å². The van der Waals surface area contributed by atoms with Gasteiger partial charge in [-0.15, -0.1) is 136 Å². The van der Waals surface area contributed by atoms with Gasteiger partial charge < -0.3 is 9.80 Å². The minimum Gasteiger partial charge on any atom is -0.334 e. The van der Waals surface area contributed by atoms with Crippen LogP contribution in [-0.4, -0.2) is 34.7 Å². The average molecular weight is 1830 g/mol. The van der Waals surface area contributed by atoms with E-state index in [0.29, 0.717) is 0 Å². The highest BCUT2D eigenvalue weighted by Gasteiger charge is 2.39. The maximum Gasteiger partial charge on any atom is 0.256 e. The summed E-state index contributed by atoms with van der Waals surface area (Å²) >= 11 is 23.4. The van der Waals surface area contributed by atoms with Gasteiger partial charge in [0.05, 0.1) is 30.6 Å². The lowest BCUT2D eigenvalue weighted by Crippen LogP contribution is -2.25. The number of benzene rings is 1. The average Bonchev–Trinajstić information content (AvgIpc) is 1.55. The standard InChI is InChI=1S/C58H69NOS7.C46H63NOS5/c1-8-13-16-17-18-19-30-59-35-44-53(58(59)60)57(67-54(44)48-25-22-36(6)61-48)49-29-28-45(65-49)50-34-43-52(47-27-24-41(64-47)33-39(12-5)21-15-10-3)55-42(31-37(7)62-55)51(56(43)66-50)46-26-23-40(63-46)32-38(11-4)20-14-9-2;1-6-9-12-15-18-21-24-34-33(5)50-44-35(25-22-19-16-13-10-7-2)41(52-43(34)44)38-28-29-39(51-38)45-40-36(42(53-45)37-27-26-32(4)49-37)31-47(46(40)48)30-23-20-17-14-11-8-3/h22-29,31,34,38-39H,8-21,30,32-33,35H2,1-7H3;26-29H,6-25,30-31H2,1-5H3. The molecule has 0 bridgehead atoms. The monoisotopic (exact) mass is 1820 g/mol. The van der Waals surface area contributed by atoms with Crippen LogP contribution in [0.3, 0.4) is 0 Å². The van der Waals surface area contributed by atoms with Gasteiger partial charge in [-0.3, -0.25) is 9.59 Å². The molecule has 0 saturated carbocycles. The highest BCUT2D eigenvalue weighted by atomic mass is 32.1. The van der Waals surface area contributed by atoms with Crippen molar-refractivity contribution >= 4 is 177 Å². The molecule has 0 spiro atoms. The Balaban J connectivity index is 0.000000202. The van der Waals surface area contributed by atoms with Gasteiger partial charge in [0.25, 0.3) is 11.8 Å². The zero-order valence-electron chi connectivity index (χ0n) is 74.1. The van der Waals surface area contributed by atoms with E-state index in [-0.39, 0.29) is 11.8 Å². The van der Waals surface area contributed by atoms with E-state index < -0.39 is 0 Å². The Bertz CT molecular complexity index is 5350. The Hall–Kier alpha value is -4.66. The second-order valence-electron chi connectivity index (χ2n) is 34.6. The number of hydrogen-bond acceptors (Lipinski definition) is 14. The van der Waals surface area contributed by atoms with E-state index in [2.05, 4.69) is 200 Å². The van der Waals surface area contributed by atoms with Crippen molar-refractivity contribution in [1.29, 1.82) is 0 Å². The van der Waals surface area contributed by atoms with Crippen molar-refractivity contribution in [2.75, 3.05) is 13.1 Å². The van der Waals surface area contributed by atoms with Gasteiger partial charge in [-0.25, -0.2) is 0 Å². The van der Waals surface area contributed by atoms with Crippen molar-refractivity contribution in [3.05, 3.63) is 148 Å². The number of thiophene rings is 12. The van der Waals surface area contributed by atoms with Gasteiger partial charge in [0.1, 0.15) is 0 Å². The predicted molar refractivity (Wildman–Crippen MR) is 547 cm³/mol. The van der Waals surface area contributed by atoms with Crippen LogP contribution in [0.1, 0.15) is 333 Å². The third-order valence-electron chi connectivity index (χ3n) is 25.3. The molecule has 0 N–H and O–H groups in total. The first-order valence-corrected chi connectivity index (χ1v) is 56.4. The van der Waals surface area contributed by atoms with Gasteiger partial charge in [0.2, 0.25) is 0 Å². The zero-order chi connectivity index (χ0) is 83.8. The van der Waals surface area contributed by atoms with Gasteiger partial charge in [-0.1, -0.05) is 235 Å². The quantitative estimate of drug-likeness (QED) is 0.0357. The fourth-order valence-electron chi connectivity index (χ4n) is 18.3. The van der Waals surface area contributed by atoms with Crippen LogP contribution in [0, 0.1) is 39.5 Å². The highest BCUT2D eigenvalue weighted by Crippen LogP contribution is 2.58. The second-order valence-corrected chi connectivity index (χ2v) is 48.3. The number of rotatable bonds is 48. The number of amides is 2. The minimum atomic E-state index is 0.229. The van der Waals surface area contributed by atoms with Gasteiger partial charge >= 0.3 is 0 Å². The maximum absolute atomic E-state index is 14.5. The fraction of sp³-hybridized carbons (Fsp3) is 0.519. The van der Waals surface area contributed by atoms with Crippen LogP contribution in [0.25, 0.3) is 109 Å². The van der Waals surface area contributed by atoms with E-state index in [4.69, 9.17) is 0 Å². The van der Waals surface area contributed by atoms with Crippen molar-refractivity contribution in [3.8, 4) is 79.4 Å². The Kier molecular flexibility index (Phi) is 34.1. The summed E-state index contributed by atoms with van der Waals surface area (Å²) in [4.78, 5) is 59.9. The molecule has 0 aliphatic carbocycles. The summed E-state index contributed by atoms with van der Waals surface area (Å²) in [6.07, 6.45) is 46.0. The summed E-state index contributed by atoms with van der Waals surface area (Å²) in [6.45, 7) is 30.8. The van der Waals surface area contributed by atoms with Gasteiger partial charge in [0.15, 0.2) is 0 Å². The molecule has 12 aromatic heterocycles. The molecule has 642 valence electrons. The van der Waals surface area contributed by atoms with Crippen LogP contribution >= 0.6 is 136 Å². The third-order valence-corrected chi connectivity index (χ3v) is 40.1. The number of nitrogens with zero attached hydrogens (tertiary/aromatic N) is 2. The summed E-state index contributed by atoms with van der Waals surface area (Å²) in [5.74, 6) is 1.97. The molecule has 2 unspecified atom stereocenters. The molecule has 0 fully saturated rings. The first-order valence-electron chi connectivity index (χ1n) is 46.6. The zero-order valence-corrected chi connectivity index (χ0v) is 83.9. The topological polar surface area (TPSA) is 40.6 Å². The largest absolute Gasteiger partial charge is 0.334 e. The Morgan fingerprint density at radius 1 is 0.300 bits per heavy atom. The Morgan fingerprint density at radius 2 is 0.692 bits per heavy atom. The smallest absolute Gasteiger partial charge is 0.256 e. The van der Waals surface area contributed by atoms with E-state index in [9.17, 15) is 9.59 Å². The summed E-state index contributed by atoms with van der Waals surface area (Å²) in [5.41, 5.74) is 10.5. The van der Waals surface area contributed by atoms with Gasteiger partial charge in [-0.05, 0) is 187 Å². The molecule has 2 aliphatic rings. The number of carbonyl (C=O) groups excluding carboxylic acids is 2. The molecular formula is C104H132N2O2S12. The lowest BCUT2D eigenvalue weighted by molar-refractivity contribution is 0.0768. The van der Waals surface area contributed by atoms with E-state index >= 15 is 0 Å². The molecule has 2 aliphatic heterocycles. The Labute approximate surface area is 768 Å². The normalized spacial score (nSPS) is 13.5. The first-order chi connectivity index (χ1) is 58.6. The van der Waals surface area contributed by atoms with Crippen LogP contribution in [0.5, 0.6) is 0 Å². The summed E-state index contributed by atoms with van der Waals surface area (Å²) in [7, 11) is 0. The lowest BCUT2D eigenvalue weighted by Gasteiger charge is -2.16. The van der Waals surface area contributed by atoms with Crippen LogP contribution in [0.15, 0.2) is 84.9 Å². The first kappa shape index (κ1) is 91.5. The van der Waals surface area contributed by atoms with E-state index in [0.717, 1.165) is 66.9 Å². The molecule has 16 heteroatoms. The maximum atomic E-state index is 14.5. The SMILES string of the molecule is CCCCCCCCN1Cc2c(-c3ccc(C)s3)sc(-c3ccc(-c4cc5c(-c6ccc(CC(CC)CCCC)s6)c6sc(C)cc6c(-c6ccc(CC(CC)CCCC)s6)c5s4)s3)c2C1=O.CCCCCCCCc1c(C)sc2c(CCCCCCCC)c(-c3ccc(-c4sc(-c5ccc(C)s5)c5c4C(=O)N(CCCCCCCC)C5)s3)sc12. The van der Waals surface area contributed by atoms with Crippen molar-refractivity contribution in [3.63, 3.8) is 0 Å². The number of fused-ring (bicyclic) bond motifs is 5. The fourth-order valence-corrected chi connectivity index (χ4v) is 33.1. The molecule has 1 aromatic carbocycles. The summed E-state index contributed by atoms with van der Waals surface area (Å²) in [5, 5.41) is 2.80. The van der Waals surface area contributed by atoms with Crippen LogP contribution in [0.4, 0.5) is 0 Å². The molecule has 4 nitrogen and oxygen atoms in total. The molecule has 0 saturated heterocycles. The van der Waals surface area contributed by atoms with Gasteiger partial charge in [0, 0.05) is 156 Å². The molecule has 2 amide bonds. The highest BCUT2D eigenvalue weighted by molar-refractivity contribution is 7.34. The van der Waals surface area contributed by atoms with Crippen molar-refractivity contribution in [2.24, 2.45) is 11.8 Å². The molecule has 13 aromatic rings. The van der Waals surface area contributed by atoms with Crippen molar-refractivity contribution < 1.29 is 9.59 Å². The number of aryl methyl sites for hydroxylation is 6. The molecular weight excluding hydrogens is 1690 g/mol. The summed E-state index contributed by atoms with van der Waals surface area (Å²) < 4.78 is 5.98. The number of hydrogen-bond donors (Lipinski definition) is 0. The lowest BCUT2D eigenvalue weighted by atomic mass is 9.95. The third kappa shape index (κ3) is 21.6. The molecule has 120 heavy (non-hydrogen) atoms. The second kappa shape index (κ2) is 44.7. The van der Waals surface area contributed by atoms with E-state index in [1.54, 1.807) is 20.5 Å². The van der Waals surface area contributed by atoms with Crippen LogP contribution in [0.2, 0.25) is 0 Å². The van der Waals surface area contributed by atoms with Crippen molar-refractivity contribution in [2.45, 2.75) is 327 Å². The van der Waals surface area contributed by atoms with Gasteiger partial charge in [-0.2, -0.15) is 0 Å².